The molecule has 0 fully saturated rings. The van der Waals surface area contributed by atoms with Gasteiger partial charge in [-0.1, -0.05) is 6.07 Å². The molecule has 0 aliphatic carbocycles. The van der Waals surface area contributed by atoms with E-state index in [1.165, 1.54) is 10.8 Å². The molecule has 0 aliphatic heterocycles. The normalized spacial score (nSPS) is 12.0. The van der Waals surface area contributed by atoms with Crippen LogP contribution in [-0.4, -0.2) is 30.2 Å². The number of carboxylic acid groups (broad SMARTS) is 1. The molecule has 2 aromatic rings. The minimum atomic E-state index is -4.02. The summed E-state index contributed by atoms with van der Waals surface area (Å²) < 4.78 is 30.4. The van der Waals surface area contributed by atoms with Crippen LogP contribution >= 0.6 is 10.7 Å². The van der Waals surface area contributed by atoms with Crippen molar-refractivity contribution in [2.75, 3.05) is 0 Å². The Morgan fingerprint density at radius 3 is 2.62 bits per heavy atom. The van der Waals surface area contributed by atoms with Gasteiger partial charge in [-0.25, -0.2) is 8.42 Å². The maximum absolute atomic E-state index is 11.7. The molecule has 0 radical (unpaired) electrons. The lowest BCUT2D eigenvalue weighted by Crippen LogP contribution is -2.08. The van der Waals surface area contributed by atoms with E-state index in [2.05, 4.69) is 0 Å². The van der Waals surface area contributed by atoms with E-state index >= 15 is 0 Å². The van der Waals surface area contributed by atoms with E-state index in [0.29, 0.717) is 16.7 Å². The van der Waals surface area contributed by atoms with E-state index in [1.54, 1.807) is 18.2 Å². The Kier molecular flexibility index (Phi) is 4.15. The van der Waals surface area contributed by atoms with Gasteiger partial charge in [0.1, 0.15) is 17.2 Å². The monoisotopic (exact) mass is 331 g/mol. The van der Waals surface area contributed by atoms with Crippen molar-refractivity contribution < 1.29 is 23.1 Å². The Morgan fingerprint density at radius 1 is 1.43 bits per heavy atom. The minimum Gasteiger partial charge on any atom is -0.490 e. The highest BCUT2D eigenvalue weighted by Crippen LogP contribution is 2.35. The number of aliphatic carboxylic acids is 1. The molecule has 21 heavy (non-hydrogen) atoms. The first-order chi connectivity index (χ1) is 9.70. The Morgan fingerprint density at radius 2 is 2.10 bits per heavy atom. The van der Waals surface area contributed by atoms with Gasteiger partial charge < -0.3 is 14.4 Å². The first kappa shape index (κ1) is 15.7. The van der Waals surface area contributed by atoms with Gasteiger partial charge >= 0.3 is 5.97 Å². The highest BCUT2D eigenvalue weighted by molar-refractivity contribution is 8.14. The Bertz CT molecular complexity index is 794. The number of ether oxygens (including phenoxy) is 1. The second kappa shape index (κ2) is 5.57. The van der Waals surface area contributed by atoms with Crippen LogP contribution in [0.3, 0.4) is 0 Å². The third kappa shape index (κ3) is 3.30. The molecule has 1 aromatic carbocycles. The predicted molar refractivity (Wildman–Crippen MR) is 78.4 cm³/mol. The summed E-state index contributed by atoms with van der Waals surface area (Å²) in [6.07, 6.45) is 1.05. The zero-order chi connectivity index (χ0) is 15.8. The molecule has 114 valence electrons. The number of halogens is 1. The molecule has 1 N–H and O–H groups in total. The lowest BCUT2D eigenvalue weighted by molar-refractivity contribution is -0.137. The standard InChI is InChI=1S/C13H14ClNO5S/c1-8(2)20-10-5-3-4-9-13(10)11(21(14,18)19)6-15(9)7-12(16)17/h3-6,8H,7H2,1-2H3,(H,16,17). The maximum Gasteiger partial charge on any atom is 0.323 e. The van der Waals surface area contributed by atoms with E-state index < -0.39 is 15.0 Å². The van der Waals surface area contributed by atoms with Gasteiger partial charge in [0.2, 0.25) is 0 Å². The zero-order valence-electron chi connectivity index (χ0n) is 11.4. The van der Waals surface area contributed by atoms with Crippen LogP contribution in [-0.2, 0) is 20.4 Å². The fourth-order valence-electron chi connectivity index (χ4n) is 2.10. The third-order valence-corrected chi connectivity index (χ3v) is 4.10. The summed E-state index contributed by atoms with van der Waals surface area (Å²) in [5.41, 5.74) is 0.440. The van der Waals surface area contributed by atoms with Crippen LogP contribution in [0.25, 0.3) is 10.9 Å². The number of nitrogens with zero attached hydrogens (tertiary/aromatic N) is 1. The number of fused-ring (bicyclic) bond motifs is 1. The molecule has 0 spiro atoms. The average molecular weight is 332 g/mol. The van der Waals surface area contributed by atoms with Crippen molar-refractivity contribution in [3.05, 3.63) is 24.4 Å². The lowest BCUT2D eigenvalue weighted by atomic mass is 10.2. The van der Waals surface area contributed by atoms with Crippen molar-refractivity contribution >= 4 is 36.6 Å². The summed E-state index contributed by atoms with van der Waals surface area (Å²) >= 11 is 0. The molecule has 6 nitrogen and oxygen atoms in total. The van der Waals surface area contributed by atoms with Crippen molar-refractivity contribution in [1.29, 1.82) is 0 Å². The zero-order valence-corrected chi connectivity index (χ0v) is 13.0. The van der Waals surface area contributed by atoms with Crippen molar-refractivity contribution in [2.45, 2.75) is 31.4 Å². The van der Waals surface area contributed by atoms with Gasteiger partial charge in [0.25, 0.3) is 9.05 Å². The van der Waals surface area contributed by atoms with Gasteiger partial charge in [-0.15, -0.1) is 0 Å². The molecule has 0 saturated carbocycles. The molecule has 2 rings (SSSR count). The first-order valence-electron chi connectivity index (χ1n) is 6.15. The van der Waals surface area contributed by atoms with E-state index in [4.69, 9.17) is 20.5 Å². The molecular formula is C13H14ClNO5S. The summed E-state index contributed by atoms with van der Waals surface area (Å²) in [5, 5.41) is 9.21. The summed E-state index contributed by atoms with van der Waals surface area (Å²) in [6, 6.07) is 4.92. The Hall–Kier alpha value is -1.73. The number of rotatable bonds is 5. The fourth-order valence-corrected chi connectivity index (χ4v) is 3.15. The van der Waals surface area contributed by atoms with Crippen LogP contribution in [0, 0.1) is 0 Å². The predicted octanol–water partition coefficient (Wildman–Crippen LogP) is 2.44. The lowest BCUT2D eigenvalue weighted by Gasteiger charge is -2.11. The summed E-state index contributed by atoms with van der Waals surface area (Å²) in [5.74, 6) is -0.730. The molecule has 0 bridgehead atoms. The number of carboxylic acids is 1. The molecule has 0 unspecified atom stereocenters. The first-order valence-corrected chi connectivity index (χ1v) is 8.46. The number of aromatic nitrogens is 1. The summed E-state index contributed by atoms with van der Waals surface area (Å²) in [6.45, 7) is 3.25. The smallest absolute Gasteiger partial charge is 0.323 e. The maximum atomic E-state index is 11.7. The van der Waals surface area contributed by atoms with Gasteiger partial charge in [0.05, 0.1) is 17.0 Å². The highest BCUT2D eigenvalue weighted by Gasteiger charge is 2.23. The fraction of sp³-hybridized carbons (Fsp3) is 0.308. The van der Waals surface area contributed by atoms with Crippen LogP contribution in [0.2, 0.25) is 0 Å². The van der Waals surface area contributed by atoms with E-state index in [1.807, 2.05) is 13.8 Å². The average Bonchev–Trinajstić information content (AvgIpc) is 2.68. The van der Waals surface area contributed by atoms with Crippen LogP contribution in [0.15, 0.2) is 29.3 Å². The van der Waals surface area contributed by atoms with E-state index in [-0.39, 0.29) is 17.5 Å². The van der Waals surface area contributed by atoms with Gasteiger partial charge in [-0.05, 0) is 26.0 Å². The quantitative estimate of drug-likeness (QED) is 0.850. The Balaban J connectivity index is 2.78. The molecule has 0 saturated heterocycles. The topological polar surface area (TPSA) is 85.6 Å². The van der Waals surface area contributed by atoms with Crippen LogP contribution in [0.1, 0.15) is 13.8 Å². The molecule has 0 aliphatic rings. The second-order valence-corrected chi connectivity index (χ2v) is 7.30. The third-order valence-electron chi connectivity index (χ3n) is 2.76. The summed E-state index contributed by atoms with van der Waals surface area (Å²) in [4.78, 5) is 10.7. The van der Waals surface area contributed by atoms with E-state index in [0.717, 1.165) is 0 Å². The molecule has 8 heteroatoms. The van der Waals surface area contributed by atoms with Crippen LogP contribution in [0.4, 0.5) is 0 Å². The minimum absolute atomic E-state index is 0.156. The van der Waals surface area contributed by atoms with Gasteiger partial charge in [-0.2, -0.15) is 0 Å². The molecule has 0 atom stereocenters. The van der Waals surface area contributed by atoms with Crippen LogP contribution < -0.4 is 4.74 Å². The molecule has 1 heterocycles. The van der Waals surface area contributed by atoms with Crippen molar-refractivity contribution in [2.24, 2.45) is 0 Å². The summed E-state index contributed by atoms with van der Waals surface area (Å²) in [7, 11) is 1.43. The van der Waals surface area contributed by atoms with Gasteiger partial charge in [0, 0.05) is 16.9 Å². The van der Waals surface area contributed by atoms with Crippen molar-refractivity contribution in [3.63, 3.8) is 0 Å². The molecule has 0 amide bonds. The van der Waals surface area contributed by atoms with Crippen molar-refractivity contribution in [1.82, 2.24) is 4.57 Å². The largest absolute Gasteiger partial charge is 0.490 e. The van der Waals surface area contributed by atoms with E-state index in [9.17, 15) is 13.2 Å². The number of carbonyl (C=O) groups is 1. The van der Waals surface area contributed by atoms with Gasteiger partial charge in [0.15, 0.2) is 0 Å². The van der Waals surface area contributed by atoms with Gasteiger partial charge in [-0.3, -0.25) is 4.79 Å². The Labute approximate surface area is 126 Å². The van der Waals surface area contributed by atoms with Crippen LogP contribution in [0.5, 0.6) is 5.75 Å². The number of hydrogen-bond donors (Lipinski definition) is 1. The highest BCUT2D eigenvalue weighted by atomic mass is 35.7. The molecule has 1 aromatic heterocycles. The SMILES string of the molecule is CC(C)Oc1cccc2c1c(S(=O)(=O)Cl)cn2CC(=O)O. The number of benzene rings is 1. The second-order valence-electron chi connectivity index (χ2n) is 4.77. The molecular weight excluding hydrogens is 318 g/mol. The van der Waals surface area contributed by atoms with Crippen molar-refractivity contribution in [3.8, 4) is 5.75 Å². The number of hydrogen-bond acceptors (Lipinski definition) is 4.